The summed E-state index contributed by atoms with van der Waals surface area (Å²) in [6.07, 6.45) is 0. The first-order valence-corrected chi connectivity index (χ1v) is 12.3. The van der Waals surface area contributed by atoms with Crippen molar-refractivity contribution in [1.29, 1.82) is 0 Å². The van der Waals surface area contributed by atoms with Gasteiger partial charge in [-0.15, -0.1) is 11.3 Å². The van der Waals surface area contributed by atoms with Gasteiger partial charge in [0.2, 0.25) is 0 Å². The van der Waals surface area contributed by atoms with Crippen LogP contribution in [0.5, 0.6) is 5.75 Å². The van der Waals surface area contributed by atoms with Crippen molar-refractivity contribution in [3.05, 3.63) is 41.8 Å². The van der Waals surface area contributed by atoms with Crippen molar-refractivity contribution in [3.8, 4) is 5.75 Å². The Labute approximate surface area is 181 Å². The van der Waals surface area contributed by atoms with Crippen molar-refractivity contribution in [1.82, 2.24) is 9.21 Å². The number of phenols is 1. The lowest BCUT2D eigenvalue weighted by atomic mass is 10.1. The van der Waals surface area contributed by atoms with E-state index in [4.69, 9.17) is 4.74 Å². The zero-order chi connectivity index (χ0) is 21.1. The summed E-state index contributed by atoms with van der Waals surface area (Å²) in [6, 6.07) is 10.2. The van der Waals surface area contributed by atoms with Crippen LogP contribution < -0.4 is 4.90 Å². The van der Waals surface area contributed by atoms with Crippen molar-refractivity contribution in [2.75, 3.05) is 57.4 Å². The molecule has 2 aromatic rings. The number of thiophene rings is 1. The Morgan fingerprint density at radius 2 is 1.90 bits per heavy atom. The summed E-state index contributed by atoms with van der Waals surface area (Å²) in [6.45, 7) is 3.69. The maximum absolute atomic E-state index is 13.1. The smallest absolute Gasteiger partial charge is 0.252 e. The Hall–Kier alpha value is -1.69. The number of morpholine rings is 1. The van der Waals surface area contributed by atoms with E-state index in [1.54, 1.807) is 34.0 Å². The second-order valence-electron chi connectivity index (χ2n) is 7.57. The van der Waals surface area contributed by atoms with Gasteiger partial charge < -0.3 is 19.8 Å². The summed E-state index contributed by atoms with van der Waals surface area (Å²) in [4.78, 5) is 4.38. The molecular weight excluding hydrogens is 426 g/mol. The largest absolute Gasteiger partial charge is 0.508 e. The fraction of sp³-hybridized carbons (Fsp3) is 0.500. The van der Waals surface area contributed by atoms with Gasteiger partial charge in [-0.1, -0.05) is 6.07 Å². The molecule has 2 aliphatic heterocycles. The molecule has 10 heteroatoms. The first kappa shape index (κ1) is 21.5. The van der Waals surface area contributed by atoms with Gasteiger partial charge in [0.25, 0.3) is 10.0 Å². The molecule has 2 N–H and O–H groups in total. The first-order chi connectivity index (χ1) is 14.5. The topological polar surface area (TPSA) is 93.6 Å². The molecule has 0 unspecified atom stereocenters. The average molecular weight is 454 g/mol. The Morgan fingerprint density at radius 3 is 2.60 bits per heavy atom. The van der Waals surface area contributed by atoms with Crippen LogP contribution in [0.3, 0.4) is 0 Å². The number of phenolic OH excluding ortho intramolecular Hbond substituents is 1. The van der Waals surface area contributed by atoms with Crippen LogP contribution in [0.4, 0.5) is 5.69 Å². The van der Waals surface area contributed by atoms with E-state index in [0.29, 0.717) is 50.1 Å². The van der Waals surface area contributed by atoms with Gasteiger partial charge >= 0.3 is 0 Å². The third-order valence-corrected chi connectivity index (χ3v) is 8.96. The molecule has 8 nitrogen and oxygen atoms in total. The number of aromatic hydroxyl groups is 1. The molecule has 0 aliphatic carbocycles. The van der Waals surface area contributed by atoms with Crippen LogP contribution in [0.2, 0.25) is 0 Å². The molecule has 2 fully saturated rings. The minimum atomic E-state index is -3.53. The van der Waals surface area contributed by atoms with Crippen LogP contribution in [-0.4, -0.2) is 92.5 Å². The highest BCUT2D eigenvalue weighted by Crippen LogP contribution is 2.28. The van der Waals surface area contributed by atoms with E-state index in [-0.39, 0.29) is 24.4 Å². The number of hydrogen-bond donors (Lipinski definition) is 2. The zero-order valence-electron chi connectivity index (χ0n) is 16.6. The van der Waals surface area contributed by atoms with E-state index in [9.17, 15) is 18.6 Å². The highest BCUT2D eigenvalue weighted by atomic mass is 32.2. The minimum Gasteiger partial charge on any atom is -0.508 e. The Kier molecular flexibility index (Phi) is 6.61. The number of aliphatic hydroxyl groups is 1. The maximum Gasteiger partial charge on any atom is 0.252 e. The molecule has 1 aromatic heterocycles. The van der Waals surface area contributed by atoms with Gasteiger partial charge in [0, 0.05) is 38.4 Å². The summed E-state index contributed by atoms with van der Waals surface area (Å²) >= 11 is 1.23. The molecule has 0 spiro atoms. The Bertz CT molecular complexity index is 920. The SMILES string of the molecule is O=S(=O)(c1cccs1)N1CCN(c2ccc(O)cc2)[C@H](CN2CCOC[C@H]2CO)C1. The summed E-state index contributed by atoms with van der Waals surface area (Å²) in [5.74, 6) is 0.197. The molecule has 2 atom stereocenters. The van der Waals surface area contributed by atoms with E-state index in [1.807, 2.05) is 12.1 Å². The number of nitrogens with zero attached hydrogens (tertiary/aromatic N) is 3. The van der Waals surface area contributed by atoms with Crippen molar-refractivity contribution in [2.24, 2.45) is 0 Å². The predicted molar refractivity (Wildman–Crippen MR) is 116 cm³/mol. The van der Waals surface area contributed by atoms with E-state index in [0.717, 1.165) is 5.69 Å². The standard InChI is InChI=1S/C20H27N3O5S2/c24-14-18-15-28-10-9-21(18)12-17-13-22(30(26,27)20-2-1-11-29-20)7-8-23(17)16-3-5-19(25)6-4-16/h1-6,11,17-18,24-25H,7-10,12-15H2/t17-,18-/m1/s1. The van der Waals surface area contributed by atoms with Gasteiger partial charge in [0.1, 0.15) is 9.96 Å². The van der Waals surface area contributed by atoms with Gasteiger partial charge in [0.05, 0.1) is 31.9 Å². The van der Waals surface area contributed by atoms with Crippen molar-refractivity contribution < 1.29 is 23.4 Å². The molecule has 4 rings (SSSR count). The summed E-state index contributed by atoms with van der Waals surface area (Å²) in [5, 5.41) is 21.2. The first-order valence-electron chi connectivity index (χ1n) is 10.0. The third kappa shape index (κ3) is 4.48. The van der Waals surface area contributed by atoms with E-state index in [1.165, 1.54) is 11.3 Å². The van der Waals surface area contributed by atoms with E-state index in [2.05, 4.69) is 9.80 Å². The summed E-state index contributed by atoms with van der Waals surface area (Å²) in [5.41, 5.74) is 0.944. The maximum atomic E-state index is 13.1. The number of anilines is 1. The lowest BCUT2D eigenvalue weighted by molar-refractivity contribution is -0.0308. The Balaban J connectivity index is 1.59. The highest BCUT2D eigenvalue weighted by Gasteiger charge is 2.37. The number of hydrogen-bond acceptors (Lipinski definition) is 8. The molecule has 0 bridgehead atoms. The van der Waals surface area contributed by atoms with Gasteiger partial charge in [0.15, 0.2) is 0 Å². The molecule has 30 heavy (non-hydrogen) atoms. The van der Waals surface area contributed by atoms with Crippen molar-refractivity contribution >= 4 is 27.0 Å². The lowest BCUT2D eigenvalue weighted by Gasteiger charge is -2.45. The molecule has 3 heterocycles. The molecular formula is C20H27N3O5S2. The fourth-order valence-electron chi connectivity index (χ4n) is 4.09. The second kappa shape index (κ2) is 9.21. The van der Waals surface area contributed by atoms with Gasteiger partial charge in [-0.05, 0) is 35.7 Å². The van der Waals surface area contributed by atoms with Gasteiger partial charge in [-0.3, -0.25) is 4.90 Å². The summed E-state index contributed by atoms with van der Waals surface area (Å²) in [7, 11) is -3.53. The number of benzene rings is 1. The predicted octanol–water partition coefficient (Wildman–Crippen LogP) is 1.03. The zero-order valence-corrected chi connectivity index (χ0v) is 18.3. The van der Waals surface area contributed by atoms with Crippen LogP contribution >= 0.6 is 11.3 Å². The molecule has 0 radical (unpaired) electrons. The second-order valence-corrected chi connectivity index (χ2v) is 10.7. The van der Waals surface area contributed by atoms with Crippen LogP contribution in [0, 0.1) is 0 Å². The van der Waals surface area contributed by atoms with E-state index < -0.39 is 10.0 Å². The number of aliphatic hydroxyl groups excluding tert-OH is 1. The number of sulfonamides is 1. The Morgan fingerprint density at radius 1 is 1.10 bits per heavy atom. The molecule has 0 amide bonds. The molecule has 0 saturated carbocycles. The molecule has 2 aliphatic rings. The molecule has 1 aromatic carbocycles. The van der Waals surface area contributed by atoms with Gasteiger partial charge in [-0.2, -0.15) is 4.31 Å². The van der Waals surface area contributed by atoms with Crippen LogP contribution in [0.25, 0.3) is 0 Å². The van der Waals surface area contributed by atoms with Crippen molar-refractivity contribution in [3.63, 3.8) is 0 Å². The van der Waals surface area contributed by atoms with Crippen LogP contribution in [0.1, 0.15) is 0 Å². The van der Waals surface area contributed by atoms with Crippen molar-refractivity contribution in [2.45, 2.75) is 16.3 Å². The quantitative estimate of drug-likeness (QED) is 0.675. The average Bonchev–Trinajstić information content (AvgIpc) is 3.31. The van der Waals surface area contributed by atoms with Gasteiger partial charge in [-0.25, -0.2) is 8.42 Å². The monoisotopic (exact) mass is 453 g/mol. The van der Waals surface area contributed by atoms with Crippen LogP contribution in [-0.2, 0) is 14.8 Å². The number of rotatable bonds is 6. The molecule has 2 saturated heterocycles. The normalized spacial score (nSPS) is 24.2. The minimum absolute atomic E-state index is 0.00311. The molecule has 164 valence electrons. The highest BCUT2D eigenvalue weighted by molar-refractivity contribution is 7.91. The lowest BCUT2D eigenvalue weighted by Crippen LogP contribution is -2.60. The van der Waals surface area contributed by atoms with Crippen LogP contribution in [0.15, 0.2) is 46.0 Å². The van der Waals surface area contributed by atoms with E-state index >= 15 is 0 Å². The number of ether oxygens (including phenoxy) is 1. The summed E-state index contributed by atoms with van der Waals surface area (Å²) < 4.78 is 33.6. The fourth-order valence-corrected chi connectivity index (χ4v) is 6.70. The number of piperazine rings is 1. The third-order valence-electron chi connectivity index (χ3n) is 5.72.